The zero-order chi connectivity index (χ0) is 14.8. The Morgan fingerprint density at radius 3 is 2.91 bits per heavy atom. The Kier molecular flexibility index (Phi) is 3.25. The van der Waals surface area contributed by atoms with Crippen LogP contribution in [0, 0.1) is 0 Å². The number of hydrogen-bond acceptors (Lipinski definition) is 5. The van der Waals surface area contributed by atoms with Crippen molar-refractivity contribution in [1.29, 1.82) is 0 Å². The molecule has 0 aliphatic heterocycles. The molecule has 5 heteroatoms. The van der Waals surface area contributed by atoms with Gasteiger partial charge in [-0.1, -0.05) is 35.6 Å². The van der Waals surface area contributed by atoms with Crippen LogP contribution in [0.25, 0.3) is 21.1 Å². The van der Waals surface area contributed by atoms with E-state index in [2.05, 4.69) is 32.6 Å². The second-order valence-electron chi connectivity index (χ2n) is 4.81. The van der Waals surface area contributed by atoms with Gasteiger partial charge >= 0.3 is 0 Å². The van der Waals surface area contributed by atoms with Crippen LogP contribution in [-0.2, 0) is 0 Å². The van der Waals surface area contributed by atoms with Crippen LogP contribution in [0.4, 0.5) is 5.13 Å². The van der Waals surface area contributed by atoms with Crippen LogP contribution in [0.5, 0.6) is 0 Å². The molecule has 2 aromatic heterocycles. The van der Waals surface area contributed by atoms with Crippen LogP contribution < -0.4 is 5.43 Å². The molecule has 2 heterocycles. The van der Waals surface area contributed by atoms with Gasteiger partial charge in [-0.2, -0.15) is 5.10 Å². The van der Waals surface area contributed by atoms with E-state index < -0.39 is 0 Å². The van der Waals surface area contributed by atoms with Gasteiger partial charge in [0.05, 0.1) is 21.9 Å². The number of fused-ring (bicyclic) bond motifs is 2. The Morgan fingerprint density at radius 2 is 1.95 bits per heavy atom. The monoisotopic (exact) mass is 304 g/mol. The fourth-order valence-corrected chi connectivity index (χ4v) is 3.07. The van der Waals surface area contributed by atoms with E-state index in [-0.39, 0.29) is 0 Å². The summed E-state index contributed by atoms with van der Waals surface area (Å²) in [5, 5.41) is 6.16. The van der Waals surface area contributed by atoms with Gasteiger partial charge in [0.15, 0.2) is 0 Å². The summed E-state index contributed by atoms with van der Waals surface area (Å²) in [7, 11) is 0. The van der Waals surface area contributed by atoms with Crippen LogP contribution in [0.3, 0.4) is 0 Å². The van der Waals surface area contributed by atoms with Crippen molar-refractivity contribution in [1.82, 2.24) is 9.97 Å². The standard InChI is InChI=1S/C17H12N4S/c1-2-6-16-15(5-1)20-17(22-16)21-19-11-12-7-8-14-13(10-12)4-3-9-18-14/h1-11H,(H,20,21)/b19-11+. The normalized spacial score (nSPS) is 11.5. The van der Waals surface area contributed by atoms with Crippen LogP contribution >= 0.6 is 11.3 Å². The number of benzene rings is 2. The van der Waals surface area contributed by atoms with Gasteiger partial charge in [-0.25, -0.2) is 4.98 Å². The number of thiazole rings is 1. The zero-order valence-corrected chi connectivity index (χ0v) is 12.4. The van der Waals surface area contributed by atoms with Crippen molar-refractivity contribution in [3.63, 3.8) is 0 Å². The minimum atomic E-state index is 0.792. The maximum Gasteiger partial charge on any atom is 0.204 e. The number of rotatable bonds is 3. The van der Waals surface area contributed by atoms with Gasteiger partial charge in [0.2, 0.25) is 5.13 Å². The van der Waals surface area contributed by atoms with Gasteiger partial charge in [0.1, 0.15) is 0 Å². The van der Waals surface area contributed by atoms with E-state index in [0.29, 0.717) is 0 Å². The fraction of sp³-hybridized carbons (Fsp3) is 0. The smallest absolute Gasteiger partial charge is 0.204 e. The predicted molar refractivity (Wildman–Crippen MR) is 92.6 cm³/mol. The molecule has 0 aliphatic carbocycles. The lowest BCUT2D eigenvalue weighted by Crippen LogP contribution is -1.90. The molecule has 0 spiro atoms. The average molecular weight is 304 g/mol. The van der Waals surface area contributed by atoms with Gasteiger partial charge < -0.3 is 0 Å². The van der Waals surface area contributed by atoms with Crippen molar-refractivity contribution in [2.24, 2.45) is 5.10 Å². The third-order valence-electron chi connectivity index (χ3n) is 3.29. The van der Waals surface area contributed by atoms with Gasteiger partial charge in [-0.15, -0.1) is 0 Å². The molecule has 106 valence electrons. The van der Waals surface area contributed by atoms with E-state index in [0.717, 1.165) is 31.8 Å². The van der Waals surface area contributed by atoms with E-state index >= 15 is 0 Å². The lowest BCUT2D eigenvalue weighted by Gasteiger charge is -1.98. The van der Waals surface area contributed by atoms with E-state index in [4.69, 9.17) is 0 Å². The third kappa shape index (κ3) is 2.54. The van der Waals surface area contributed by atoms with Gasteiger partial charge in [0.25, 0.3) is 0 Å². The summed E-state index contributed by atoms with van der Waals surface area (Å²) in [5.41, 5.74) is 5.99. The summed E-state index contributed by atoms with van der Waals surface area (Å²) in [4.78, 5) is 8.78. The van der Waals surface area contributed by atoms with E-state index in [9.17, 15) is 0 Å². The van der Waals surface area contributed by atoms with Crippen molar-refractivity contribution >= 4 is 43.8 Å². The number of nitrogens with one attached hydrogen (secondary N) is 1. The van der Waals surface area contributed by atoms with Crippen molar-refractivity contribution in [2.75, 3.05) is 5.43 Å². The van der Waals surface area contributed by atoms with Crippen molar-refractivity contribution in [3.05, 3.63) is 66.4 Å². The first-order valence-electron chi connectivity index (χ1n) is 6.88. The fourth-order valence-electron chi connectivity index (χ4n) is 2.26. The molecular formula is C17H12N4S. The molecule has 0 bridgehead atoms. The third-order valence-corrected chi connectivity index (χ3v) is 4.24. The van der Waals surface area contributed by atoms with Gasteiger partial charge in [-0.3, -0.25) is 10.4 Å². The van der Waals surface area contributed by atoms with Gasteiger partial charge in [-0.05, 0) is 35.9 Å². The molecule has 0 unspecified atom stereocenters. The van der Waals surface area contributed by atoms with Crippen LogP contribution in [0.2, 0.25) is 0 Å². The number of pyridine rings is 1. The molecule has 1 N–H and O–H groups in total. The summed E-state index contributed by atoms with van der Waals surface area (Å²) < 4.78 is 1.15. The Hall–Kier alpha value is -2.79. The average Bonchev–Trinajstić information content (AvgIpc) is 2.97. The molecule has 2 aromatic carbocycles. The largest absolute Gasteiger partial charge is 0.256 e. The maximum absolute atomic E-state index is 4.48. The number of para-hydroxylation sites is 1. The first kappa shape index (κ1) is 12.9. The van der Waals surface area contributed by atoms with E-state index in [1.807, 2.05) is 42.5 Å². The van der Waals surface area contributed by atoms with Crippen molar-refractivity contribution < 1.29 is 0 Å². The summed E-state index contributed by atoms with van der Waals surface area (Å²) >= 11 is 1.59. The molecule has 0 saturated carbocycles. The molecule has 0 atom stereocenters. The molecule has 4 rings (SSSR count). The topological polar surface area (TPSA) is 50.2 Å². The highest BCUT2D eigenvalue weighted by atomic mass is 32.1. The Labute approximate surface area is 131 Å². The molecule has 22 heavy (non-hydrogen) atoms. The highest BCUT2D eigenvalue weighted by Crippen LogP contribution is 2.25. The minimum absolute atomic E-state index is 0.792. The minimum Gasteiger partial charge on any atom is -0.256 e. The number of aromatic nitrogens is 2. The SMILES string of the molecule is C(=N\Nc1nc2ccccc2s1)/c1ccc2ncccc2c1. The molecular weight excluding hydrogens is 292 g/mol. The van der Waals surface area contributed by atoms with Crippen LogP contribution in [0.15, 0.2) is 65.9 Å². The lowest BCUT2D eigenvalue weighted by molar-refractivity contribution is 1.31. The molecule has 0 radical (unpaired) electrons. The van der Waals surface area contributed by atoms with E-state index in [1.54, 1.807) is 23.7 Å². The first-order chi connectivity index (χ1) is 10.9. The number of hydrogen-bond donors (Lipinski definition) is 1. The maximum atomic E-state index is 4.48. The summed E-state index contributed by atoms with van der Waals surface area (Å²) in [6, 6.07) is 18.1. The Balaban J connectivity index is 1.55. The highest BCUT2D eigenvalue weighted by Gasteiger charge is 2.00. The molecule has 0 amide bonds. The first-order valence-corrected chi connectivity index (χ1v) is 7.69. The molecule has 0 fully saturated rings. The summed E-state index contributed by atoms with van der Waals surface area (Å²) in [6.07, 6.45) is 3.59. The Morgan fingerprint density at radius 1 is 1.00 bits per heavy atom. The van der Waals surface area contributed by atoms with Crippen LogP contribution in [-0.4, -0.2) is 16.2 Å². The molecule has 4 aromatic rings. The van der Waals surface area contributed by atoms with E-state index in [1.165, 1.54) is 0 Å². The molecule has 4 nitrogen and oxygen atoms in total. The second kappa shape index (κ2) is 5.54. The van der Waals surface area contributed by atoms with Crippen molar-refractivity contribution in [3.8, 4) is 0 Å². The lowest BCUT2D eigenvalue weighted by atomic mass is 10.1. The van der Waals surface area contributed by atoms with Crippen molar-refractivity contribution in [2.45, 2.75) is 0 Å². The number of nitrogens with zero attached hydrogens (tertiary/aromatic N) is 3. The summed E-state index contributed by atoms with van der Waals surface area (Å²) in [6.45, 7) is 0. The second-order valence-corrected chi connectivity index (χ2v) is 5.84. The van der Waals surface area contributed by atoms with Gasteiger partial charge in [0, 0.05) is 11.6 Å². The highest BCUT2D eigenvalue weighted by molar-refractivity contribution is 7.22. The molecule has 0 aliphatic rings. The van der Waals surface area contributed by atoms with Crippen LogP contribution in [0.1, 0.15) is 5.56 Å². The zero-order valence-electron chi connectivity index (χ0n) is 11.6. The number of hydrazone groups is 1. The quantitative estimate of drug-likeness (QED) is 0.454. The Bertz CT molecular complexity index is 941. The summed E-state index contributed by atoms with van der Waals surface area (Å²) in [5.74, 6) is 0. The molecule has 0 saturated heterocycles. The number of anilines is 1. The predicted octanol–water partition coefficient (Wildman–Crippen LogP) is 4.29.